The van der Waals surface area contributed by atoms with Crippen molar-refractivity contribution in [2.24, 2.45) is 0 Å². The van der Waals surface area contributed by atoms with E-state index in [4.69, 9.17) is 11.6 Å². The molecule has 0 aliphatic rings. The van der Waals surface area contributed by atoms with Gasteiger partial charge in [-0.05, 0) is 150 Å². The molecule has 0 unspecified atom stereocenters. The minimum absolute atomic E-state index is 0.760. The van der Waals surface area contributed by atoms with Crippen molar-refractivity contribution in [3.63, 3.8) is 0 Å². The fourth-order valence-electron chi connectivity index (χ4n) is 8.43. The van der Waals surface area contributed by atoms with Crippen LogP contribution in [0.15, 0.2) is 255 Å². The maximum atomic E-state index is 6.05. The predicted molar refractivity (Wildman–Crippen MR) is 267 cm³/mol. The standard InChI is InChI=1S/C38H27N.C22H15Cl/c1-3-12-29(13-4-1)37-26-32-15-9-10-16-33(32)27-38(37)30-20-22-35(23-21-30)39(34-17-5-2-6-18-34)36-24-19-28-11-7-8-14-31(28)25-36;23-20-12-10-17(11-13-20)22-15-19-9-5-4-8-18(19)14-21(22)16-6-2-1-3-7-16/h1-27H;1-15H. The molecule has 11 rings (SSSR count). The van der Waals surface area contributed by atoms with Gasteiger partial charge in [-0.2, -0.15) is 0 Å². The van der Waals surface area contributed by atoms with Gasteiger partial charge in [-0.1, -0.05) is 194 Å². The second kappa shape index (κ2) is 17.5. The fourth-order valence-corrected chi connectivity index (χ4v) is 8.56. The first-order valence-corrected chi connectivity index (χ1v) is 21.4. The van der Waals surface area contributed by atoms with Gasteiger partial charge in [0, 0.05) is 22.1 Å². The van der Waals surface area contributed by atoms with Gasteiger partial charge in [0.15, 0.2) is 0 Å². The number of nitrogens with zero attached hydrogens (tertiary/aromatic N) is 1. The van der Waals surface area contributed by atoms with Gasteiger partial charge in [0.25, 0.3) is 0 Å². The van der Waals surface area contributed by atoms with Gasteiger partial charge in [-0.25, -0.2) is 0 Å². The van der Waals surface area contributed by atoms with Gasteiger partial charge in [0.2, 0.25) is 0 Å². The first-order chi connectivity index (χ1) is 30.6. The second-order valence-electron chi connectivity index (χ2n) is 15.5. The molecule has 1 nitrogen and oxygen atoms in total. The fraction of sp³-hybridized carbons (Fsp3) is 0. The zero-order valence-corrected chi connectivity index (χ0v) is 34.8. The highest BCUT2D eigenvalue weighted by atomic mass is 35.5. The van der Waals surface area contributed by atoms with E-state index in [1.165, 1.54) is 76.8 Å². The smallest absolute Gasteiger partial charge is 0.0468 e. The van der Waals surface area contributed by atoms with E-state index in [0.717, 1.165) is 22.1 Å². The zero-order chi connectivity index (χ0) is 41.7. The number of rotatable bonds is 7. The van der Waals surface area contributed by atoms with Gasteiger partial charge in [-0.15, -0.1) is 0 Å². The topological polar surface area (TPSA) is 3.24 Å². The van der Waals surface area contributed by atoms with Crippen molar-refractivity contribution in [1.82, 2.24) is 0 Å². The van der Waals surface area contributed by atoms with Gasteiger partial charge in [0.1, 0.15) is 0 Å². The highest BCUT2D eigenvalue weighted by Crippen LogP contribution is 2.40. The number of benzene rings is 11. The molecule has 0 fully saturated rings. The molecule has 0 amide bonds. The summed E-state index contributed by atoms with van der Waals surface area (Å²) < 4.78 is 0. The molecule has 0 saturated carbocycles. The Hall–Kier alpha value is -7.71. The van der Waals surface area contributed by atoms with Crippen LogP contribution in [0.1, 0.15) is 0 Å². The van der Waals surface area contributed by atoms with Crippen molar-refractivity contribution < 1.29 is 0 Å². The van der Waals surface area contributed by atoms with Crippen molar-refractivity contribution in [3.8, 4) is 44.5 Å². The van der Waals surface area contributed by atoms with Crippen LogP contribution in [0, 0.1) is 0 Å². The number of halogens is 1. The average molecular weight is 812 g/mol. The molecular formula is C60H42ClN. The van der Waals surface area contributed by atoms with E-state index in [9.17, 15) is 0 Å². The summed E-state index contributed by atoms with van der Waals surface area (Å²) in [5, 5.41) is 8.24. The third-order valence-corrected chi connectivity index (χ3v) is 11.8. The second-order valence-corrected chi connectivity index (χ2v) is 15.9. The third-order valence-electron chi connectivity index (χ3n) is 11.5. The summed E-state index contributed by atoms with van der Waals surface area (Å²) in [6, 6.07) is 90.3. The van der Waals surface area contributed by atoms with Crippen LogP contribution in [-0.2, 0) is 0 Å². The summed E-state index contributed by atoms with van der Waals surface area (Å²) in [5.74, 6) is 0. The molecule has 0 N–H and O–H groups in total. The summed E-state index contributed by atoms with van der Waals surface area (Å²) in [6.07, 6.45) is 0. The van der Waals surface area contributed by atoms with Crippen LogP contribution in [0.25, 0.3) is 76.8 Å². The molecule has 0 atom stereocenters. The average Bonchev–Trinajstić information content (AvgIpc) is 3.35. The SMILES string of the molecule is Clc1ccc(-c2cc3ccccc3cc2-c2ccccc2)cc1.c1ccc(-c2cc3ccccc3cc2-c2ccc(N(c3ccccc3)c3ccc4ccccc4c3)cc2)cc1. The molecule has 0 aliphatic heterocycles. The molecule has 0 heterocycles. The van der Waals surface area contributed by atoms with E-state index in [0.29, 0.717) is 0 Å². The molecule has 62 heavy (non-hydrogen) atoms. The predicted octanol–water partition coefficient (Wildman–Crippen LogP) is 17.6. The molecule has 0 aliphatic carbocycles. The number of fused-ring (bicyclic) bond motifs is 3. The van der Waals surface area contributed by atoms with Gasteiger partial charge in [0.05, 0.1) is 0 Å². The molecule has 0 bridgehead atoms. The Balaban J connectivity index is 0.000000169. The van der Waals surface area contributed by atoms with Crippen LogP contribution < -0.4 is 4.90 Å². The van der Waals surface area contributed by atoms with Crippen molar-refractivity contribution in [2.75, 3.05) is 4.90 Å². The summed E-state index contributed by atoms with van der Waals surface area (Å²) in [5.41, 5.74) is 13.2. The Morgan fingerprint density at radius 1 is 0.226 bits per heavy atom. The van der Waals surface area contributed by atoms with Crippen LogP contribution >= 0.6 is 11.6 Å². The molecule has 0 spiro atoms. The third kappa shape index (κ3) is 8.10. The molecule has 0 saturated heterocycles. The van der Waals surface area contributed by atoms with Gasteiger partial charge < -0.3 is 4.90 Å². The molecule has 2 heteroatoms. The molecule has 294 valence electrons. The van der Waals surface area contributed by atoms with E-state index in [2.05, 4.69) is 241 Å². The molecule has 11 aromatic rings. The lowest BCUT2D eigenvalue weighted by Gasteiger charge is -2.26. The van der Waals surface area contributed by atoms with Crippen molar-refractivity contribution in [3.05, 3.63) is 260 Å². The van der Waals surface area contributed by atoms with E-state index >= 15 is 0 Å². The Kier molecular flexibility index (Phi) is 10.9. The Labute approximate surface area is 368 Å². The first kappa shape index (κ1) is 38.5. The van der Waals surface area contributed by atoms with E-state index in [1.807, 2.05) is 18.2 Å². The Morgan fingerprint density at radius 2 is 0.532 bits per heavy atom. The zero-order valence-electron chi connectivity index (χ0n) is 34.1. The Morgan fingerprint density at radius 3 is 0.968 bits per heavy atom. The summed E-state index contributed by atoms with van der Waals surface area (Å²) >= 11 is 6.05. The van der Waals surface area contributed by atoms with Crippen LogP contribution in [0.5, 0.6) is 0 Å². The van der Waals surface area contributed by atoms with Crippen LogP contribution in [0.4, 0.5) is 17.1 Å². The van der Waals surface area contributed by atoms with Crippen molar-refractivity contribution in [2.45, 2.75) is 0 Å². The largest absolute Gasteiger partial charge is 0.310 e. The van der Waals surface area contributed by atoms with E-state index in [1.54, 1.807) is 0 Å². The maximum Gasteiger partial charge on any atom is 0.0468 e. The lowest BCUT2D eigenvalue weighted by Crippen LogP contribution is -2.09. The first-order valence-electron chi connectivity index (χ1n) is 21.0. The van der Waals surface area contributed by atoms with E-state index in [-0.39, 0.29) is 0 Å². The highest BCUT2D eigenvalue weighted by molar-refractivity contribution is 6.30. The molecule has 0 aromatic heterocycles. The number of para-hydroxylation sites is 1. The molecule has 11 aromatic carbocycles. The summed E-state index contributed by atoms with van der Waals surface area (Å²) in [4.78, 5) is 2.33. The quantitative estimate of drug-likeness (QED) is 0.155. The molecular weight excluding hydrogens is 770 g/mol. The minimum atomic E-state index is 0.760. The number of anilines is 3. The van der Waals surface area contributed by atoms with Gasteiger partial charge in [-0.3, -0.25) is 0 Å². The van der Waals surface area contributed by atoms with E-state index < -0.39 is 0 Å². The summed E-state index contributed by atoms with van der Waals surface area (Å²) in [7, 11) is 0. The lowest BCUT2D eigenvalue weighted by molar-refractivity contribution is 1.29. The lowest BCUT2D eigenvalue weighted by atomic mass is 9.91. The molecule has 0 radical (unpaired) electrons. The van der Waals surface area contributed by atoms with Gasteiger partial charge >= 0.3 is 0 Å². The number of hydrogen-bond acceptors (Lipinski definition) is 1. The maximum absolute atomic E-state index is 6.05. The van der Waals surface area contributed by atoms with Crippen molar-refractivity contribution >= 4 is 61.0 Å². The Bertz CT molecular complexity index is 3270. The monoisotopic (exact) mass is 811 g/mol. The highest BCUT2D eigenvalue weighted by Gasteiger charge is 2.15. The van der Waals surface area contributed by atoms with Crippen LogP contribution in [0.3, 0.4) is 0 Å². The minimum Gasteiger partial charge on any atom is -0.310 e. The van der Waals surface area contributed by atoms with Crippen molar-refractivity contribution in [1.29, 1.82) is 0 Å². The van der Waals surface area contributed by atoms with Crippen LogP contribution in [-0.4, -0.2) is 0 Å². The number of hydrogen-bond donors (Lipinski definition) is 0. The normalized spacial score (nSPS) is 11.0. The summed E-state index contributed by atoms with van der Waals surface area (Å²) in [6.45, 7) is 0. The van der Waals surface area contributed by atoms with Crippen LogP contribution in [0.2, 0.25) is 5.02 Å².